The van der Waals surface area contributed by atoms with Crippen LogP contribution in [0.2, 0.25) is 0 Å². The van der Waals surface area contributed by atoms with Crippen LogP contribution >= 0.6 is 0 Å². The third kappa shape index (κ3) is 2.31. The Morgan fingerprint density at radius 1 is 0.933 bits per heavy atom. The summed E-state index contributed by atoms with van der Waals surface area (Å²) in [5.74, 6) is 0. The summed E-state index contributed by atoms with van der Waals surface area (Å²) in [6.07, 6.45) is -2.54. The van der Waals surface area contributed by atoms with Crippen molar-refractivity contribution in [2.45, 2.75) is 26.1 Å². The van der Waals surface area contributed by atoms with Crippen molar-refractivity contribution in [3.05, 3.63) is 0 Å². The number of hydrogen-bond acceptors (Lipinski definition) is 6. The van der Waals surface area contributed by atoms with Gasteiger partial charge in [0.2, 0.25) is 0 Å². The summed E-state index contributed by atoms with van der Waals surface area (Å²) in [6.45, 7) is 3.63. The molecule has 0 N–H and O–H groups in total. The summed E-state index contributed by atoms with van der Waals surface area (Å²) in [4.78, 5) is 21.7. The fraction of sp³-hybridized carbons (Fsp3) is 0.778. The van der Waals surface area contributed by atoms with Gasteiger partial charge in [0, 0.05) is 5.41 Å². The molecular formula is C9H14O6. The molecule has 6 heteroatoms. The summed E-state index contributed by atoms with van der Waals surface area (Å²) in [7, 11) is 2.43. The monoisotopic (exact) mass is 218 g/mol. The Hall–Kier alpha value is -1.46. The second-order valence-corrected chi connectivity index (χ2v) is 3.81. The van der Waals surface area contributed by atoms with E-state index in [1.807, 2.05) is 13.8 Å². The predicted molar refractivity (Wildman–Crippen MR) is 48.3 cm³/mol. The highest BCUT2D eigenvalue weighted by Crippen LogP contribution is 2.50. The van der Waals surface area contributed by atoms with E-state index in [0.29, 0.717) is 0 Å². The van der Waals surface area contributed by atoms with Crippen LogP contribution in [-0.2, 0) is 18.9 Å². The smallest absolute Gasteiger partial charge is 0.438 e. The molecule has 1 aliphatic rings. The van der Waals surface area contributed by atoms with Crippen LogP contribution in [0.5, 0.6) is 0 Å². The molecule has 0 aromatic heterocycles. The van der Waals surface area contributed by atoms with E-state index in [1.54, 1.807) is 0 Å². The van der Waals surface area contributed by atoms with Gasteiger partial charge in [-0.05, 0) is 0 Å². The standard InChI is InChI=1S/C9H14O6/c1-9(2)5(14-7(10)12-3)6(9)15-8(11)13-4/h5-6H,1-4H3/t5-,6-/m0/s1. The average molecular weight is 218 g/mol. The van der Waals surface area contributed by atoms with Gasteiger partial charge in [0.05, 0.1) is 14.2 Å². The quantitative estimate of drug-likeness (QED) is 0.651. The van der Waals surface area contributed by atoms with E-state index in [2.05, 4.69) is 9.47 Å². The number of ether oxygens (including phenoxy) is 4. The lowest BCUT2D eigenvalue weighted by atomic mass is 10.2. The third-order valence-electron chi connectivity index (χ3n) is 2.41. The summed E-state index contributed by atoms with van der Waals surface area (Å²) in [5, 5.41) is 0. The second kappa shape index (κ2) is 3.96. The van der Waals surface area contributed by atoms with Crippen LogP contribution in [0.15, 0.2) is 0 Å². The lowest BCUT2D eigenvalue weighted by Crippen LogP contribution is -2.13. The third-order valence-corrected chi connectivity index (χ3v) is 2.41. The van der Waals surface area contributed by atoms with E-state index in [0.717, 1.165) is 0 Å². The first-order valence-electron chi connectivity index (χ1n) is 4.42. The minimum Gasteiger partial charge on any atom is -0.438 e. The fourth-order valence-electron chi connectivity index (χ4n) is 1.28. The zero-order valence-electron chi connectivity index (χ0n) is 9.10. The maximum Gasteiger partial charge on any atom is 0.508 e. The van der Waals surface area contributed by atoms with E-state index in [-0.39, 0.29) is 0 Å². The van der Waals surface area contributed by atoms with Crippen molar-refractivity contribution in [1.29, 1.82) is 0 Å². The molecular weight excluding hydrogens is 204 g/mol. The molecule has 1 aliphatic carbocycles. The van der Waals surface area contributed by atoms with Gasteiger partial charge in [-0.2, -0.15) is 0 Å². The highest BCUT2D eigenvalue weighted by molar-refractivity contribution is 5.62. The van der Waals surface area contributed by atoms with Crippen LogP contribution in [0.3, 0.4) is 0 Å². The maximum atomic E-state index is 10.8. The first-order valence-corrected chi connectivity index (χ1v) is 4.42. The van der Waals surface area contributed by atoms with Crippen LogP contribution in [0.4, 0.5) is 9.59 Å². The van der Waals surface area contributed by atoms with Gasteiger partial charge in [-0.3, -0.25) is 0 Å². The minimum atomic E-state index is -0.788. The number of rotatable bonds is 2. The molecule has 2 atom stereocenters. The predicted octanol–water partition coefficient (Wildman–Crippen LogP) is 1.33. The molecule has 0 aromatic rings. The van der Waals surface area contributed by atoms with E-state index in [9.17, 15) is 9.59 Å². The Morgan fingerprint density at radius 3 is 1.53 bits per heavy atom. The molecule has 15 heavy (non-hydrogen) atoms. The number of hydrogen-bond donors (Lipinski definition) is 0. The van der Waals surface area contributed by atoms with Gasteiger partial charge in [-0.25, -0.2) is 9.59 Å². The van der Waals surface area contributed by atoms with Crippen LogP contribution in [-0.4, -0.2) is 38.7 Å². The van der Waals surface area contributed by atoms with Crippen LogP contribution in [0, 0.1) is 5.41 Å². The highest BCUT2D eigenvalue weighted by Gasteiger charge is 2.65. The summed E-state index contributed by atoms with van der Waals surface area (Å²) in [5.41, 5.74) is -0.400. The zero-order valence-corrected chi connectivity index (χ0v) is 9.10. The van der Waals surface area contributed by atoms with Crippen molar-refractivity contribution in [2.75, 3.05) is 14.2 Å². The van der Waals surface area contributed by atoms with Crippen molar-refractivity contribution in [3.8, 4) is 0 Å². The molecule has 1 rings (SSSR count). The molecule has 0 aromatic carbocycles. The Bertz CT molecular complexity index is 246. The number of carbonyl (C=O) groups excluding carboxylic acids is 2. The van der Waals surface area contributed by atoms with Crippen molar-refractivity contribution < 1.29 is 28.5 Å². The van der Waals surface area contributed by atoms with Crippen LogP contribution in [0.1, 0.15) is 13.8 Å². The van der Waals surface area contributed by atoms with Gasteiger partial charge in [0.15, 0.2) is 12.2 Å². The molecule has 0 aliphatic heterocycles. The van der Waals surface area contributed by atoms with Gasteiger partial charge < -0.3 is 18.9 Å². The van der Waals surface area contributed by atoms with Gasteiger partial charge in [0.25, 0.3) is 0 Å². The Labute approximate surface area is 87.4 Å². The van der Waals surface area contributed by atoms with E-state index in [1.165, 1.54) is 14.2 Å². The summed E-state index contributed by atoms with van der Waals surface area (Å²) >= 11 is 0. The van der Waals surface area contributed by atoms with Crippen LogP contribution in [0.25, 0.3) is 0 Å². The van der Waals surface area contributed by atoms with Crippen molar-refractivity contribution >= 4 is 12.3 Å². The van der Waals surface area contributed by atoms with Gasteiger partial charge in [0.1, 0.15) is 0 Å². The molecule has 0 spiro atoms. The fourth-order valence-corrected chi connectivity index (χ4v) is 1.28. The van der Waals surface area contributed by atoms with E-state index >= 15 is 0 Å². The molecule has 1 saturated carbocycles. The lowest BCUT2D eigenvalue weighted by molar-refractivity contribution is 0.0297. The normalized spacial score (nSPS) is 26.4. The SMILES string of the molecule is COC(=O)O[C@H]1[C@H](OC(=O)OC)C1(C)C. The zero-order chi connectivity index (χ0) is 11.6. The van der Waals surface area contributed by atoms with Crippen molar-refractivity contribution in [3.63, 3.8) is 0 Å². The minimum absolute atomic E-state index is 0.400. The molecule has 0 unspecified atom stereocenters. The molecule has 86 valence electrons. The second-order valence-electron chi connectivity index (χ2n) is 3.81. The highest BCUT2D eigenvalue weighted by atomic mass is 16.8. The number of carbonyl (C=O) groups is 2. The summed E-state index contributed by atoms with van der Waals surface area (Å²) < 4.78 is 18.5. The molecule has 6 nitrogen and oxygen atoms in total. The van der Waals surface area contributed by atoms with Crippen LogP contribution < -0.4 is 0 Å². The Morgan fingerprint density at radius 2 is 1.27 bits per heavy atom. The van der Waals surface area contributed by atoms with Crippen molar-refractivity contribution in [2.24, 2.45) is 5.41 Å². The molecule has 1 fully saturated rings. The molecule has 0 radical (unpaired) electrons. The topological polar surface area (TPSA) is 71.1 Å². The number of methoxy groups -OCH3 is 2. The van der Waals surface area contributed by atoms with E-state index in [4.69, 9.17) is 9.47 Å². The first-order chi connectivity index (χ1) is 6.93. The Kier molecular flexibility index (Phi) is 3.06. The molecule has 0 saturated heterocycles. The maximum absolute atomic E-state index is 10.8. The van der Waals surface area contributed by atoms with E-state index < -0.39 is 29.9 Å². The molecule has 0 heterocycles. The van der Waals surface area contributed by atoms with Gasteiger partial charge in [-0.15, -0.1) is 0 Å². The summed E-state index contributed by atoms with van der Waals surface area (Å²) in [6, 6.07) is 0. The first kappa shape index (κ1) is 11.6. The molecule has 0 bridgehead atoms. The molecule has 0 amide bonds. The van der Waals surface area contributed by atoms with Gasteiger partial charge >= 0.3 is 12.3 Å². The largest absolute Gasteiger partial charge is 0.508 e. The Balaban J connectivity index is 2.48. The van der Waals surface area contributed by atoms with Gasteiger partial charge in [-0.1, -0.05) is 13.8 Å². The lowest BCUT2D eigenvalue weighted by Gasteiger charge is -2.02. The van der Waals surface area contributed by atoms with Crippen molar-refractivity contribution in [1.82, 2.24) is 0 Å². The average Bonchev–Trinajstić information content (AvgIpc) is 2.68.